The van der Waals surface area contributed by atoms with Crippen LogP contribution in [0.1, 0.15) is 36.1 Å². The molecule has 0 heterocycles. The summed E-state index contributed by atoms with van der Waals surface area (Å²) < 4.78 is 0. The molecule has 0 N–H and O–H groups in total. The van der Waals surface area contributed by atoms with Gasteiger partial charge in [-0.3, -0.25) is 4.90 Å². The normalized spacial score (nSPS) is 12.7. The maximum atomic E-state index is 2.47. The van der Waals surface area contributed by atoms with Crippen molar-refractivity contribution >= 4 is 10.8 Å². The lowest BCUT2D eigenvalue weighted by Crippen LogP contribution is -2.24. The van der Waals surface area contributed by atoms with Gasteiger partial charge < -0.3 is 0 Å². The van der Waals surface area contributed by atoms with Gasteiger partial charge in [0, 0.05) is 6.04 Å². The molecular formula is C23H27N. The molecular weight excluding hydrogens is 290 g/mol. The molecule has 0 spiro atoms. The van der Waals surface area contributed by atoms with Crippen LogP contribution < -0.4 is 0 Å². The molecule has 1 atom stereocenters. The van der Waals surface area contributed by atoms with Crippen LogP contribution in [0.5, 0.6) is 0 Å². The van der Waals surface area contributed by atoms with Crippen molar-refractivity contribution in [3.8, 4) is 0 Å². The summed E-state index contributed by atoms with van der Waals surface area (Å²) in [5.41, 5.74) is 4.22. The zero-order valence-corrected chi connectivity index (χ0v) is 15.0. The molecule has 0 saturated heterocycles. The van der Waals surface area contributed by atoms with Crippen molar-refractivity contribution in [1.29, 1.82) is 0 Å². The minimum atomic E-state index is 0.425. The fourth-order valence-corrected chi connectivity index (χ4v) is 3.45. The van der Waals surface area contributed by atoms with E-state index in [1.165, 1.54) is 33.9 Å². The van der Waals surface area contributed by atoms with Gasteiger partial charge in [-0.15, -0.1) is 0 Å². The van der Waals surface area contributed by atoms with Gasteiger partial charge in [0.15, 0.2) is 0 Å². The SMILES string of the molecule is Cc1cccc(CCCN(C)[C@H](C)c2cccc3ccccc23)c1. The molecule has 0 aliphatic heterocycles. The third-order valence-corrected chi connectivity index (χ3v) is 4.99. The number of nitrogens with zero attached hydrogens (tertiary/aromatic N) is 1. The second-order valence-electron chi connectivity index (χ2n) is 6.82. The largest absolute Gasteiger partial charge is 0.300 e. The zero-order valence-electron chi connectivity index (χ0n) is 15.0. The molecule has 3 aromatic carbocycles. The standard InChI is InChI=1S/C23H27N/c1-18-9-6-10-20(17-18)11-8-16-24(3)19(2)22-15-7-13-21-12-4-5-14-23(21)22/h4-7,9-10,12-15,17,19H,8,11,16H2,1-3H3/t19-/m1/s1. The van der Waals surface area contributed by atoms with Crippen molar-refractivity contribution < 1.29 is 0 Å². The van der Waals surface area contributed by atoms with Crippen LogP contribution in [0, 0.1) is 6.92 Å². The van der Waals surface area contributed by atoms with Crippen LogP contribution in [0.15, 0.2) is 66.7 Å². The van der Waals surface area contributed by atoms with Gasteiger partial charge in [-0.2, -0.15) is 0 Å². The van der Waals surface area contributed by atoms with Gasteiger partial charge in [0.1, 0.15) is 0 Å². The number of aryl methyl sites for hydroxylation is 2. The first-order chi connectivity index (χ1) is 11.6. The van der Waals surface area contributed by atoms with Gasteiger partial charge in [-0.25, -0.2) is 0 Å². The highest BCUT2D eigenvalue weighted by Crippen LogP contribution is 2.27. The Balaban J connectivity index is 1.65. The van der Waals surface area contributed by atoms with Crippen LogP contribution in [0.3, 0.4) is 0 Å². The monoisotopic (exact) mass is 317 g/mol. The number of benzene rings is 3. The van der Waals surface area contributed by atoms with Crippen molar-refractivity contribution in [3.05, 3.63) is 83.4 Å². The number of hydrogen-bond donors (Lipinski definition) is 0. The lowest BCUT2D eigenvalue weighted by molar-refractivity contribution is 0.260. The van der Waals surface area contributed by atoms with Gasteiger partial charge in [0.25, 0.3) is 0 Å². The summed E-state index contributed by atoms with van der Waals surface area (Å²) >= 11 is 0. The van der Waals surface area contributed by atoms with E-state index in [0.717, 1.165) is 13.0 Å². The van der Waals surface area contributed by atoms with Crippen molar-refractivity contribution in [2.24, 2.45) is 0 Å². The Morgan fingerprint density at radius 2 is 1.67 bits per heavy atom. The van der Waals surface area contributed by atoms with Crippen molar-refractivity contribution in [2.75, 3.05) is 13.6 Å². The quantitative estimate of drug-likeness (QED) is 0.557. The lowest BCUT2D eigenvalue weighted by atomic mass is 9.98. The van der Waals surface area contributed by atoms with Crippen LogP contribution in [-0.2, 0) is 6.42 Å². The molecule has 0 bridgehead atoms. The highest BCUT2D eigenvalue weighted by Gasteiger charge is 2.13. The summed E-state index contributed by atoms with van der Waals surface area (Å²) in [5.74, 6) is 0. The van der Waals surface area contributed by atoms with Gasteiger partial charge >= 0.3 is 0 Å². The van der Waals surface area contributed by atoms with E-state index in [2.05, 4.69) is 92.5 Å². The van der Waals surface area contributed by atoms with Crippen LogP contribution in [0.2, 0.25) is 0 Å². The molecule has 1 nitrogen and oxygen atoms in total. The van der Waals surface area contributed by atoms with Crippen molar-refractivity contribution in [2.45, 2.75) is 32.7 Å². The summed E-state index contributed by atoms with van der Waals surface area (Å²) in [6.45, 7) is 5.59. The zero-order chi connectivity index (χ0) is 16.9. The molecule has 0 amide bonds. The summed E-state index contributed by atoms with van der Waals surface area (Å²) in [5, 5.41) is 2.70. The fraction of sp³-hybridized carbons (Fsp3) is 0.304. The number of fused-ring (bicyclic) bond motifs is 1. The maximum absolute atomic E-state index is 2.47. The van der Waals surface area contributed by atoms with E-state index in [0.29, 0.717) is 6.04 Å². The van der Waals surface area contributed by atoms with Crippen molar-refractivity contribution in [1.82, 2.24) is 4.90 Å². The highest BCUT2D eigenvalue weighted by atomic mass is 15.1. The fourth-order valence-electron chi connectivity index (χ4n) is 3.45. The minimum Gasteiger partial charge on any atom is -0.300 e. The Labute approximate surface area is 145 Å². The Bertz CT molecular complexity index is 800. The topological polar surface area (TPSA) is 3.24 Å². The van der Waals surface area contributed by atoms with E-state index in [4.69, 9.17) is 0 Å². The predicted molar refractivity (Wildman–Crippen MR) is 104 cm³/mol. The Hall–Kier alpha value is -2.12. The first kappa shape index (κ1) is 16.7. The van der Waals surface area contributed by atoms with E-state index in [1.54, 1.807) is 0 Å². The molecule has 0 radical (unpaired) electrons. The Kier molecular flexibility index (Phi) is 5.32. The third kappa shape index (κ3) is 3.85. The van der Waals surface area contributed by atoms with Crippen LogP contribution in [-0.4, -0.2) is 18.5 Å². The van der Waals surface area contributed by atoms with E-state index in [-0.39, 0.29) is 0 Å². The number of hydrogen-bond acceptors (Lipinski definition) is 1. The average molecular weight is 317 g/mol. The molecule has 124 valence electrons. The highest BCUT2D eigenvalue weighted by molar-refractivity contribution is 5.86. The second kappa shape index (κ2) is 7.63. The van der Waals surface area contributed by atoms with Gasteiger partial charge in [-0.05, 0) is 62.2 Å². The maximum Gasteiger partial charge on any atom is 0.0322 e. The summed E-state index contributed by atoms with van der Waals surface area (Å²) in [7, 11) is 2.24. The summed E-state index contributed by atoms with van der Waals surface area (Å²) in [4.78, 5) is 2.47. The molecule has 0 aromatic heterocycles. The average Bonchev–Trinajstić information content (AvgIpc) is 2.60. The molecule has 1 heteroatoms. The minimum absolute atomic E-state index is 0.425. The molecule has 0 unspecified atom stereocenters. The van der Waals surface area contributed by atoms with Crippen molar-refractivity contribution in [3.63, 3.8) is 0 Å². The van der Waals surface area contributed by atoms with E-state index in [9.17, 15) is 0 Å². The lowest BCUT2D eigenvalue weighted by Gasteiger charge is -2.26. The first-order valence-corrected chi connectivity index (χ1v) is 8.88. The Morgan fingerprint density at radius 3 is 2.50 bits per heavy atom. The van der Waals surface area contributed by atoms with Gasteiger partial charge in [0.2, 0.25) is 0 Å². The van der Waals surface area contributed by atoms with E-state index >= 15 is 0 Å². The van der Waals surface area contributed by atoms with Gasteiger partial charge in [-0.1, -0.05) is 72.3 Å². The molecule has 24 heavy (non-hydrogen) atoms. The number of rotatable bonds is 6. The van der Waals surface area contributed by atoms with Gasteiger partial charge in [0.05, 0.1) is 0 Å². The second-order valence-corrected chi connectivity index (χ2v) is 6.82. The van der Waals surface area contributed by atoms with Crippen LogP contribution in [0.4, 0.5) is 0 Å². The smallest absolute Gasteiger partial charge is 0.0322 e. The van der Waals surface area contributed by atoms with Crippen LogP contribution >= 0.6 is 0 Å². The third-order valence-electron chi connectivity index (χ3n) is 4.99. The molecule has 0 aliphatic rings. The molecule has 0 fully saturated rings. The van der Waals surface area contributed by atoms with Crippen LogP contribution in [0.25, 0.3) is 10.8 Å². The molecule has 0 saturated carbocycles. The van der Waals surface area contributed by atoms with E-state index < -0.39 is 0 Å². The molecule has 3 rings (SSSR count). The first-order valence-electron chi connectivity index (χ1n) is 8.88. The Morgan fingerprint density at radius 1 is 0.917 bits per heavy atom. The predicted octanol–water partition coefficient (Wildman–Crippen LogP) is 5.77. The summed E-state index contributed by atoms with van der Waals surface area (Å²) in [6.07, 6.45) is 2.34. The molecule has 3 aromatic rings. The van der Waals surface area contributed by atoms with E-state index in [1.807, 2.05) is 0 Å². The molecule has 0 aliphatic carbocycles. The summed E-state index contributed by atoms with van der Waals surface area (Å²) in [6, 6.07) is 24.6.